The average molecular weight is 487 g/mol. The van der Waals surface area contributed by atoms with Crippen LogP contribution in [-0.2, 0) is 11.3 Å². The molecule has 0 saturated heterocycles. The highest BCUT2D eigenvalue weighted by Crippen LogP contribution is 2.32. The van der Waals surface area contributed by atoms with E-state index in [4.69, 9.17) is 39.5 Å². The van der Waals surface area contributed by atoms with Gasteiger partial charge in [0, 0.05) is 23.8 Å². The fourth-order valence-corrected chi connectivity index (χ4v) is 3.91. The van der Waals surface area contributed by atoms with E-state index in [1.165, 1.54) is 11.8 Å². The van der Waals surface area contributed by atoms with E-state index in [1.807, 2.05) is 18.4 Å². The maximum absolute atomic E-state index is 12.3. The van der Waals surface area contributed by atoms with Gasteiger partial charge in [-0.05, 0) is 38.1 Å². The van der Waals surface area contributed by atoms with Gasteiger partial charge in [-0.15, -0.1) is 10.2 Å². The van der Waals surface area contributed by atoms with Crippen molar-refractivity contribution < 1.29 is 9.53 Å². The SMILES string of the molecule is CCn1c(SCC(=O)Nc2cccnc2Cl)nnc1C(C)Oc1cc(Cl)ccc1Cl. The molecule has 0 aliphatic rings. The van der Waals surface area contributed by atoms with E-state index in [9.17, 15) is 4.79 Å². The van der Waals surface area contributed by atoms with Gasteiger partial charge >= 0.3 is 0 Å². The molecular weight excluding hydrogens is 469 g/mol. The lowest BCUT2D eigenvalue weighted by Crippen LogP contribution is -2.16. The number of aromatic nitrogens is 4. The maximum Gasteiger partial charge on any atom is 0.234 e. The summed E-state index contributed by atoms with van der Waals surface area (Å²) < 4.78 is 7.82. The van der Waals surface area contributed by atoms with Crippen molar-refractivity contribution in [2.24, 2.45) is 0 Å². The minimum Gasteiger partial charge on any atom is -0.481 e. The van der Waals surface area contributed by atoms with Gasteiger partial charge in [-0.25, -0.2) is 4.98 Å². The number of nitrogens with one attached hydrogen (secondary N) is 1. The monoisotopic (exact) mass is 485 g/mol. The Hall–Kier alpha value is -2.00. The number of hydrogen-bond donors (Lipinski definition) is 1. The number of pyridine rings is 1. The third-order valence-corrected chi connectivity index (χ3v) is 5.80. The van der Waals surface area contributed by atoms with Gasteiger partial charge in [0.15, 0.2) is 22.2 Å². The van der Waals surface area contributed by atoms with Crippen molar-refractivity contribution in [3.05, 3.63) is 57.6 Å². The van der Waals surface area contributed by atoms with Gasteiger partial charge in [-0.2, -0.15) is 0 Å². The Balaban J connectivity index is 1.67. The molecule has 0 bridgehead atoms. The Morgan fingerprint density at radius 3 is 2.80 bits per heavy atom. The lowest BCUT2D eigenvalue weighted by atomic mass is 10.3. The molecule has 1 aromatic carbocycles. The Morgan fingerprint density at radius 2 is 2.07 bits per heavy atom. The summed E-state index contributed by atoms with van der Waals surface area (Å²) in [6.07, 6.45) is 1.13. The molecule has 30 heavy (non-hydrogen) atoms. The summed E-state index contributed by atoms with van der Waals surface area (Å²) in [6.45, 7) is 4.42. The molecular formula is C19H18Cl3N5O2S. The number of carbonyl (C=O) groups excluding carboxylic acids is 1. The van der Waals surface area contributed by atoms with Crippen molar-refractivity contribution in [3.63, 3.8) is 0 Å². The van der Waals surface area contributed by atoms with E-state index < -0.39 is 6.10 Å². The summed E-state index contributed by atoms with van der Waals surface area (Å²) in [5, 5.41) is 13.0. The van der Waals surface area contributed by atoms with Crippen LogP contribution in [-0.4, -0.2) is 31.4 Å². The van der Waals surface area contributed by atoms with Crippen LogP contribution in [0.3, 0.4) is 0 Å². The molecule has 0 spiro atoms. The number of ether oxygens (including phenoxy) is 1. The summed E-state index contributed by atoms with van der Waals surface area (Å²) in [4.78, 5) is 16.2. The Morgan fingerprint density at radius 1 is 1.27 bits per heavy atom. The van der Waals surface area contributed by atoms with Crippen molar-refractivity contribution in [2.75, 3.05) is 11.1 Å². The summed E-state index contributed by atoms with van der Waals surface area (Å²) in [5.41, 5.74) is 0.461. The number of hydrogen-bond acceptors (Lipinski definition) is 6. The van der Waals surface area contributed by atoms with Crippen molar-refractivity contribution in [2.45, 2.75) is 31.7 Å². The first kappa shape index (κ1) is 22.7. The summed E-state index contributed by atoms with van der Waals surface area (Å²) in [5.74, 6) is 0.992. The van der Waals surface area contributed by atoms with Gasteiger partial charge in [0.25, 0.3) is 0 Å². The molecule has 1 atom stereocenters. The highest BCUT2D eigenvalue weighted by Gasteiger charge is 2.20. The zero-order chi connectivity index (χ0) is 21.7. The second kappa shape index (κ2) is 10.3. The van der Waals surface area contributed by atoms with Crippen LogP contribution in [0.1, 0.15) is 25.8 Å². The topological polar surface area (TPSA) is 81.9 Å². The van der Waals surface area contributed by atoms with Gasteiger partial charge < -0.3 is 14.6 Å². The van der Waals surface area contributed by atoms with Crippen LogP contribution in [0.5, 0.6) is 5.75 Å². The van der Waals surface area contributed by atoms with Crippen LogP contribution in [0.25, 0.3) is 0 Å². The molecule has 0 saturated carbocycles. The lowest BCUT2D eigenvalue weighted by molar-refractivity contribution is -0.113. The Kier molecular flexibility index (Phi) is 7.82. The molecule has 3 rings (SSSR count). The number of carbonyl (C=O) groups is 1. The number of nitrogens with zero attached hydrogens (tertiary/aromatic N) is 4. The Labute approximate surface area is 193 Å². The van der Waals surface area contributed by atoms with Crippen LogP contribution < -0.4 is 10.1 Å². The summed E-state index contributed by atoms with van der Waals surface area (Å²) >= 11 is 19.4. The largest absolute Gasteiger partial charge is 0.481 e. The third-order valence-electron chi connectivity index (χ3n) is 3.99. The molecule has 2 heterocycles. The fourth-order valence-electron chi connectivity index (χ4n) is 2.61. The maximum atomic E-state index is 12.3. The first-order valence-corrected chi connectivity index (χ1v) is 11.1. The number of benzene rings is 1. The van der Waals surface area contributed by atoms with Crippen LogP contribution in [0.2, 0.25) is 15.2 Å². The highest BCUT2D eigenvalue weighted by molar-refractivity contribution is 7.99. The van der Waals surface area contributed by atoms with Gasteiger partial charge in [-0.3, -0.25) is 4.79 Å². The molecule has 7 nitrogen and oxygen atoms in total. The number of amides is 1. The van der Waals surface area contributed by atoms with Crippen LogP contribution in [0.15, 0.2) is 41.7 Å². The van der Waals surface area contributed by atoms with E-state index >= 15 is 0 Å². The molecule has 0 aliphatic heterocycles. The molecule has 2 aromatic heterocycles. The lowest BCUT2D eigenvalue weighted by Gasteiger charge is -2.16. The first-order chi connectivity index (χ1) is 14.4. The van der Waals surface area contributed by atoms with Gasteiger partial charge in [-0.1, -0.05) is 46.6 Å². The van der Waals surface area contributed by atoms with Gasteiger partial charge in [0.1, 0.15) is 5.75 Å². The van der Waals surface area contributed by atoms with Crippen LogP contribution in [0, 0.1) is 0 Å². The van der Waals surface area contributed by atoms with Crippen LogP contribution >= 0.6 is 46.6 Å². The van der Waals surface area contributed by atoms with Crippen molar-refractivity contribution in [1.29, 1.82) is 0 Å². The molecule has 0 radical (unpaired) electrons. The minimum atomic E-state index is -0.425. The van der Waals surface area contributed by atoms with E-state index in [0.29, 0.717) is 39.0 Å². The van der Waals surface area contributed by atoms with Crippen LogP contribution in [0.4, 0.5) is 5.69 Å². The zero-order valence-corrected chi connectivity index (χ0v) is 19.2. The third kappa shape index (κ3) is 5.57. The van der Waals surface area contributed by atoms with Gasteiger partial charge in [0.2, 0.25) is 5.91 Å². The van der Waals surface area contributed by atoms with Crippen molar-refractivity contribution in [3.8, 4) is 5.75 Å². The molecule has 1 unspecified atom stereocenters. The molecule has 0 aliphatic carbocycles. The zero-order valence-electron chi connectivity index (χ0n) is 16.1. The fraction of sp³-hybridized carbons (Fsp3) is 0.263. The second-order valence-corrected chi connectivity index (χ2v) is 8.24. The number of anilines is 1. The number of halogens is 3. The minimum absolute atomic E-state index is 0.138. The predicted molar refractivity (Wildman–Crippen MR) is 120 cm³/mol. The van der Waals surface area contributed by atoms with Gasteiger partial charge in [0.05, 0.1) is 16.5 Å². The first-order valence-electron chi connectivity index (χ1n) is 8.97. The highest BCUT2D eigenvalue weighted by atomic mass is 35.5. The normalized spacial score (nSPS) is 11.9. The molecule has 1 amide bonds. The standard InChI is InChI=1S/C19H18Cl3N5O2S/c1-3-27-18(11(2)29-15-9-12(20)6-7-13(15)21)25-26-19(27)30-10-16(28)24-14-5-4-8-23-17(14)22/h4-9,11H,3,10H2,1-2H3,(H,24,28). The van der Waals surface area contributed by atoms with E-state index in [-0.39, 0.29) is 16.8 Å². The van der Waals surface area contributed by atoms with Crippen molar-refractivity contribution >= 4 is 58.2 Å². The van der Waals surface area contributed by atoms with Crippen molar-refractivity contribution in [1.82, 2.24) is 19.7 Å². The quantitative estimate of drug-likeness (QED) is 0.333. The van der Waals surface area contributed by atoms with E-state index in [2.05, 4.69) is 20.5 Å². The second-order valence-electron chi connectivity index (χ2n) is 6.10. The van der Waals surface area contributed by atoms with E-state index in [1.54, 1.807) is 36.5 Å². The number of rotatable bonds is 8. The molecule has 3 aromatic rings. The number of thioether (sulfide) groups is 1. The summed E-state index contributed by atoms with van der Waals surface area (Å²) in [7, 11) is 0. The molecule has 158 valence electrons. The Bertz CT molecular complexity index is 1050. The smallest absolute Gasteiger partial charge is 0.234 e. The molecule has 11 heteroatoms. The van der Waals surface area contributed by atoms with E-state index in [0.717, 1.165) is 0 Å². The average Bonchev–Trinajstić information content (AvgIpc) is 3.14. The summed E-state index contributed by atoms with van der Waals surface area (Å²) in [6, 6.07) is 8.39. The molecule has 0 fully saturated rings. The molecule has 1 N–H and O–H groups in total. The predicted octanol–water partition coefficient (Wildman–Crippen LogP) is 5.52.